The second kappa shape index (κ2) is 4.20. The molecule has 1 amide bonds. The lowest BCUT2D eigenvalue weighted by atomic mass is 10.2. The van der Waals surface area contributed by atoms with Crippen LogP contribution in [0.1, 0.15) is 35.4 Å². The number of imidazole rings is 1. The van der Waals surface area contributed by atoms with Crippen molar-refractivity contribution in [2.24, 2.45) is 0 Å². The summed E-state index contributed by atoms with van der Waals surface area (Å²) in [4.78, 5) is 28.4. The third kappa shape index (κ3) is 1.90. The molecule has 0 aliphatic carbocycles. The summed E-state index contributed by atoms with van der Waals surface area (Å²) in [6, 6.07) is 0. The second-order valence-electron chi connectivity index (χ2n) is 4.08. The number of aryl methyl sites for hydroxylation is 1. The van der Waals surface area contributed by atoms with Crippen molar-refractivity contribution in [3.05, 3.63) is 17.2 Å². The van der Waals surface area contributed by atoms with E-state index in [4.69, 9.17) is 5.11 Å². The minimum Gasteiger partial charge on any atom is -0.476 e. The van der Waals surface area contributed by atoms with Crippen LogP contribution in [0.25, 0.3) is 0 Å². The number of carbonyl (C=O) groups is 2. The summed E-state index contributed by atoms with van der Waals surface area (Å²) in [6.07, 6.45) is 0.440. The highest BCUT2D eigenvalue weighted by Crippen LogP contribution is 2.19. The van der Waals surface area contributed by atoms with Crippen LogP contribution in [-0.4, -0.2) is 38.0 Å². The van der Waals surface area contributed by atoms with Crippen LogP contribution in [-0.2, 0) is 17.9 Å². The molecule has 6 nitrogen and oxygen atoms in total. The predicted molar refractivity (Wildman–Crippen MR) is 59.6 cm³/mol. The summed E-state index contributed by atoms with van der Waals surface area (Å²) in [5, 5.41) is 9.06. The summed E-state index contributed by atoms with van der Waals surface area (Å²) in [7, 11) is 0. The average molecular weight is 237 g/mol. The fourth-order valence-corrected chi connectivity index (χ4v) is 2.16. The molecule has 17 heavy (non-hydrogen) atoms. The molecule has 0 aromatic carbocycles. The van der Waals surface area contributed by atoms with Crippen molar-refractivity contribution < 1.29 is 14.7 Å². The molecule has 1 aliphatic rings. The maximum atomic E-state index is 11.6. The molecule has 0 saturated carbocycles. The first-order valence-electron chi connectivity index (χ1n) is 5.61. The normalized spacial score (nSPS) is 14.6. The third-order valence-corrected chi connectivity index (χ3v) is 3.06. The van der Waals surface area contributed by atoms with E-state index in [9.17, 15) is 9.59 Å². The molecule has 1 aliphatic heterocycles. The highest BCUT2D eigenvalue weighted by Gasteiger charge is 2.27. The Kier molecular flexibility index (Phi) is 2.87. The quantitative estimate of drug-likeness (QED) is 0.819. The van der Waals surface area contributed by atoms with Gasteiger partial charge < -0.3 is 14.6 Å². The Hall–Kier alpha value is -1.85. The molecule has 2 rings (SSSR count). The van der Waals surface area contributed by atoms with Crippen LogP contribution in [0.5, 0.6) is 0 Å². The monoisotopic (exact) mass is 237 g/mol. The standard InChI is InChI=1S/C11H15N3O3/c1-3-9(15)13-4-5-14-7(2)12-10(11(16)17)8(14)6-13/h3-6H2,1-2H3,(H,16,17). The summed E-state index contributed by atoms with van der Waals surface area (Å²) < 4.78 is 1.88. The van der Waals surface area contributed by atoms with E-state index in [0.717, 1.165) is 0 Å². The first kappa shape index (κ1) is 11.6. The van der Waals surface area contributed by atoms with Gasteiger partial charge in [0, 0.05) is 19.5 Å². The Bertz CT molecular complexity index is 479. The van der Waals surface area contributed by atoms with Crippen LogP contribution in [0.4, 0.5) is 0 Å². The van der Waals surface area contributed by atoms with Crippen molar-refractivity contribution >= 4 is 11.9 Å². The number of carboxylic acid groups (broad SMARTS) is 1. The lowest BCUT2D eigenvalue weighted by Gasteiger charge is -2.28. The first-order valence-corrected chi connectivity index (χ1v) is 5.61. The third-order valence-electron chi connectivity index (χ3n) is 3.06. The number of aromatic nitrogens is 2. The number of carbonyl (C=O) groups excluding carboxylic acids is 1. The molecule has 0 atom stereocenters. The van der Waals surface area contributed by atoms with Crippen molar-refractivity contribution in [2.75, 3.05) is 6.54 Å². The van der Waals surface area contributed by atoms with Gasteiger partial charge in [-0.05, 0) is 6.92 Å². The summed E-state index contributed by atoms with van der Waals surface area (Å²) in [5.41, 5.74) is 0.694. The highest BCUT2D eigenvalue weighted by atomic mass is 16.4. The van der Waals surface area contributed by atoms with Gasteiger partial charge >= 0.3 is 5.97 Å². The van der Waals surface area contributed by atoms with E-state index in [0.29, 0.717) is 37.6 Å². The summed E-state index contributed by atoms with van der Waals surface area (Å²) in [5.74, 6) is -0.292. The van der Waals surface area contributed by atoms with Crippen molar-refractivity contribution in [1.29, 1.82) is 0 Å². The zero-order valence-electron chi connectivity index (χ0n) is 9.93. The number of hydrogen-bond donors (Lipinski definition) is 1. The van der Waals surface area contributed by atoms with Crippen molar-refractivity contribution in [1.82, 2.24) is 14.5 Å². The Labute approximate surface area is 98.9 Å². The van der Waals surface area contributed by atoms with Gasteiger partial charge in [0.2, 0.25) is 5.91 Å². The Morgan fingerprint density at radius 1 is 1.41 bits per heavy atom. The molecule has 0 spiro atoms. The topological polar surface area (TPSA) is 75.4 Å². The average Bonchev–Trinajstić information content (AvgIpc) is 2.65. The van der Waals surface area contributed by atoms with Crippen molar-refractivity contribution in [2.45, 2.75) is 33.4 Å². The van der Waals surface area contributed by atoms with Crippen LogP contribution in [0.2, 0.25) is 0 Å². The van der Waals surface area contributed by atoms with Crippen molar-refractivity contribution in [3.8, 4) is 0 Å². The Balaban J connectivity index is 2.36. The molecule has 92 valence electrons. The van der Waals surface area contributed by atoms with Crippen LogP contribution in [0.15, 0.2) is 0 Å². The molecule has 1 aromatic rings. The van der Waals surface area contributed by atoms with Crippen LogP contribution < -0.4 is 0 Å². The molecular formula is C11H15N3O3. The second-order valence-corrected chi connectivity index (χ2v) is 4.08. The number of hydrogen-bond acceptors (Lipinski definition) is 3. The SMILES string of the molecule is CCC(=O)N1CCn2c(C)nc(C(=O)O)c2C1. The minimum atomic E-state index is -1.03. The lowest BCUT2D eigenvalue weighted by molar-refractivity contribution is -0.132. The van der Waals surface area contributed by atoms with Gasteiger partial charge in [0.1, 0.15) is 5.82 Å². The zero-order valence-corrected chi connectivity index (χ0v) is 9.93. The molecule has 0 unspecified atom stereocenters. The van der Waals surface area contributed by atoms with E-state index >= 15 is 0 Å². The molecule has 1 N–H and O–H groups in total. The van der Waals surface area contributed by atoms with Crippen LogP contribution >= 0.6 is 0 Å². The molecule has 6 heteroatoms. The molecule has 0 fully saturated rings. The summed E-state index contributed by atoms with van der Waals surface area (Å²) in [6.45, 7) is 5.17. The Morgan fingerprint density at radius 3 is 2.71 bits per heavy atom. The maximum absolute atomic E-state index is 11.6. The van der Waals surface area contributed by atoms with Gasteiger partial charge in [-0.2, -0.15) is 0 Å². The van der Waals surface area contributed by atoms with E-state index < -0.39 is 5.97 Å². The molecule has 2 heterocycles. The maximum Gasteiger partial charge on any atom is 0.356 e. The molecule has 1 aromatic heterocycles. The van der Waals surface area contributed by atoms with E-state index in [-0.39, 0.29) is 11.6 Å². The largest absolute Gasteiger partial charge is 0.476 e. The van der Waals surface area contributed by atoms with Crippen molar-refractivity contribution in [3.63, 3.8) is 0 Å². The van der Waals surface area contributed by atoms with Gasteiger partial charge in [-0.25, -0.2) is 9.78 Å². The van der Waals surface area contributed by atoms with Gasteiger partial charge in [0.15, 0.2) is 5.69 Å². The number of amides is 1. The minimum absolute atomic E-state index is 0.0476. The predicted octanol–water partition coefficient (Wildman–Crippen LogP) is 0.642. The smallest absolute Gasteiger partial charge is 0.356 e. The van der Waals surface area contributed by atoms with E-state index in [1.807, 2.05) is 4.57 Å². The lowest BCUT2D eigenvalue weighted by Crippen LogP contribution is -2.38. The molecule has 0 radical (unpaired) electrons. The zero-order chi connectivity index (χ0) is 12.6. The van der Waals surface area contributed by atoms with Gasteiger partial charge in [-0.3, -0.25) is 4.79 Å². The van der Waals surface area contributed by atoms with Crippen LogP contribution in [0, 0.1) is 6.92 Å². The number of carboxylic acids is 1. The number of rotatable bonds is 2. The molecule has 0 bridgehead atoms. The summed E-state index contributed by atoms with van der Waals surface area (Å²) >= 11 is 0. The number of aromatic carboxylic acids is 1. The van der Waals surface area contributed by atoms with E-state index in [2.05, 4.69) is 4.98 Å². The Morgan fingerprint density at radius 2 is 2.12 bits per heavy atom. The van der Waals surface area contributed by atoms with E-state index in [1.165, 1.54) is 0 Å². The van der Waals surface area contributed by atoms with Gasteiger partial charge in [-0.1, -0.05) is 6.92 Å². The first-order chi connectivity index (χ1) is 8.04. The van der Waals surface area contributed by atoms with Gasteiger partial charge in [0.25, 0.3) is 0 Å². The number of nitrogens with zero attached hydrogens (tertiary/aromatic N) is 3. The van der Waals surface area contributed by atoms with E-state index in [1.54, 1.807) is 18.7 Å². The molecule has 0 saturated heterocycles. The fourth-order valence-electron chi connectivity index (χ4n) is 2.16. The molecular weight excluding hydrogens is 222 g/mol. The fraction of sp³-hybridized carbons (Fsp3) is 0.545. The van der Waals surface area contributed by atoms with Gasteiger partial charge in [0.05, 0.1) is 12.2 Å². The highest BCUT2D eigenvalue weighted by molar-refractivity contribution is 5.87. The van der Waals surface area contributed by atoms with Crippen LogP contribution in [0.3, 0.4) is 0 Å². The van der Waals surface area contributed by atoms with Gasteiger partial charge in [-0.15, -0.1) is 0 Å². The number of fused-ring (bicyclic) bond motifs is 1.